The van der Waals surface area contributed by atoms with Crippen molar-refractivity contribution in [2.75, 3.05) is 0 Å². The Labute approximate surface area is 356 Å². The molecule has 27 heteroatoms. The van der Waals surface area contributed by atoms with Gasteiger partial charge in [0.1, 0.15) is 49.6 Å². The van der Waals surface area contributed by atoms with Crippen LogP contribution in [0.2, 0.25) is 0 Å². The number of nitriles is 3. The minimum Gasteiger partial charge on any atom is -0.389 e. The number of hydrogen-bond donors (Lipinski definition) is 0. The van der Waals surface area contributed by atoms with E-state index in [0.29, 0.717) is 27.7 Å². The van der Waals surface area contributed by atoms with Crippen LogP contribution in [0.4, 0.5) is 13.2 Å². The molecule has 0 N–H and O–H groups in total. The highest BCUT2D eigenvalue weighted by atomic mass is 32.2. The molecule has 1 unspecified atom stereocenters. The van der Waals surface area contributed by atoms with Crippen LogP contribution in [0.15, 0.2) is 15.5 Å². The van der Waals surface area contributed by atoms with Gasteiger partial charge >= 0.3 is 5.25 Å². The number of hydrogen-bond acceptors (Lipinski definition) is 21. The fourth-order valence-electron chi connectivity index (χ4n) is 5.26. The Morgan fingerprint density at radius 3 is 1.55 bits per heavy atom. The zero-order valence-electron chi connectivity index (χ0n) is 33.2. The second-order valence-corrected chi connectivity index (χ2v) is 23.3. The third kappa shape index (κ3) is 9.95. The molecule has 1 atom stereocenters. The van der Waals surface area contributed by atoms with E-state index < -0.39 is 72.6 Å². The lowest BCUT2D eigenvalue weighted by Crippen LogP contribution is -2.34. The van der Waals surface area contributed by atoms with Crippen LogP contribution in [0, 0.1) is 54.8 Å². The Bertz CT molecular complexity index is 2750. The lowest BCUT2D eigenvalue weighted by molar-refractivity contribution is 0.0120. The number of sulfone groups is 3. The quantitative estimate of drug-likeness (QED) is 0.263. The van der Waals surface area contributed by atoms with Crippen LogP contribution < -0.4 is 0 Å². The maximum atomic E-state index is 14.5. The highest BCUT2D eigenvalue weighted by molar-refractivity contribution is 8.07. The van der Waals surface area contributed by atoms with Crippen molar-refractivity contribution >= 4 is 79.2 Å². The number of aryl methyl sites for hydroxylation is 3. The molecule has 0 saturated carbocycles. The first-order valence-electron chi connectivity index (χ1n) is 17.0. The molecule has 0 spiro atoms. The van der Waals surface area contributed by atoms with Crippen LogP contribution in [0.3, 0.4) is 0 Å². The minimum atomic E-state index is -5.08. The molecule has 0 aromatic carbocycles. The molecule has 0 amide bonds. The van der Waals surface area contributed by atoms with E-state index in [1.54, 1.807) is 46.8 Å². The van der Waals surface area contributed by atoms with E-state index in [1.807, 2.05) is 6.07 Å². The molecular formula is C33H36F3N9O9S6. The van der Waals surface area contributed by atoms with E-state index in [9.17, 15) is 38.4 Å². The van der Waals surface area contributed by atoms with Gasteiger partial charge in [0.15, 0.2) is 25.0 Å². The van der Waals surface area contributed by atoms with Crippen molar-refractivity contribution in [2.45, 2.75) is 115 Å². The van der Waals surface area contributed by atoms with Gasteiger partial charge in [0.25, 0.3) is 9.84 Å². The number of rotatable bonds is 6. The van der Waals surface area contributed by atoms with Crippen LogP contribution in [-0.4, -0.2) is 70.3 Å². The first-order valence-corrected chi connectivity index (χ1v) is 24.0. The summed E-state index contributed by atoms with van der Waals surface area (Å²) in [6, 6.07) is 5.26. The summed E-state index contributed by atoms with van der Waals surface area (Å²) >= 11 is 2.32. The molecule has 0 bridgehead atoms. The smallest absolute Gasteiger partial charge is 0.380 e. The zero-order valence-corrected chi connectivity index (χ0v) is 38.1. The lowest BCUT2D eigenvalue weighted by Gasteiger charge is -2.17. The lowest BCUT2D eigenvalue weighted by atomic mass is 10.1. The van der Waals surface area contributed by atoms with Crippen LogP contribution in [0.25, 0.3) is 0 Å². The second-order valence-electron chi connectivity index (χ2n) is 15.1. The third-order valence-electron chi connectivity index (χ3n) is 8.43. The largest absolute Gasteiger partial charge is 0.389 e. The molecule has 3 aliphatic heterocycles. The van der Waals surface area contributed by atoms with Gasteiger partial charge < -0.3 is 14.5 Å². The predicted molar refractivity (Wildman–Crippen MR) is 215 cm³/mol. The van der Waals surface area contributed by atoms with Crippen LogP contribution in [-0.2, 0) is 55.0 Å². The standard InChI is InChI=1S/C11H11F2N3O3S2.C11H12FN3O3S2.C11H13N3O3S2/c1-6-9(7(5-14)20-16-6)11(12,13)21(17,18)8-4-10(2,3)19-15-8;1-6-9(7(5-13)19-15-6)10(12)20(16,17)8-4-11(2,3)18-14-8;1-7-8(9(5-12)18-14-7)6-19(15,16)10-4-11(2,3)17-13-10/h4H2,1-3H3;10H,4H2,1-3H3;4,6H2,1-3H3. The molecule has 18 nitrogen and oxygen atoms in total. The number of halogens is 3. The molecule has 6 heterocycles. The first kappa shape index (κ1) is 48.1. The van der Waals surface area contributed by atoms with Gasteiger partial charge in [-0.25, -0.2) is 29.6 Å². The summed E-state index contributed by atoms with van der Waals surface area (Å²) < 4.78 is 128. The van der Waals surface area contributed by atoms with Gasteiger partial charge in [-0.05, 0) is 96.9 Å². The molecule has 3 aromatic heterocycles. The molecule has 0 fully saturated rings. The summed E-state index contributed by atoms with van der Waals surface area (Å²) in [7, 11) is -13.0. The molecular weight excluding hydrogens is 916 g/mol. The van der Waals surface area contributed by atoms with Crippen molar-refractivity contribution in [1.29, 1.82) is 15.8 Å². The zero-order chi connectivity index (χ0) is 45.4. The maximum absolute atomic E-state index is 14.5. The minimum absolute atomic E-state index is 0.00570. The van der Waals surface area contributed by atoms with Crippen molar-refractivity contribution in [3.05, 3.63) is 48.4 Å². The van der Waals surface area contributed by atoms with E-state index >= 15 is 0 Å². The van der Waals surface area contributed by atoms with Gasteiger partial charge in [0, 0.05) is 24.8 Å². The SMILES string of the molecule is Cc1nsc(C#N)c1C(F)(F)S(=O)(=O)C1=NOC(C)(C)C1.Cc1nsc(C#N)c1C(F)S(=O)(=O)C1=NOC(C)(C)C1.Cc1nsc(C#N)c1CS(=O)(=O)C1=NOC(C)(C)C1. The Morgan fingerprint density at radius 1 is 0.667 bits per heavy atom. The first-order chi connectivity index (χ1) is 27.5. The van der Waals surface area contributed by atoms with Crippen LogP contribution >= 0.6 is 34.6 Å². The Morgan fingerprint density at radius 2 is 1.08 bits per heavy atom. The van der Waals surface area contributed by atoms with E-state index in [4.69, 9.17) is 30.3 Å². The average Bonchev–Trinajstić information content (AvgIpc) is 4.01. The summed E-state index contributed by atoms with van der Waals surface area (Å²) in [6.07, 6.45) is -0.0223. The monoisotopic (exact) mass is 951 g/mol. The average molecular weight is 952 g/mol. The second kappa shape index (κ2) is 17.1. The molecule has 60 heavy (non-hydrogen) atoms. The van der Waals surface area contributed by atoms with E-state index in [0.717, 1.165) is 23.1 Å². The summed E-state index contributed by atoms with van der Waals surface area (Å²) in [5, 5.41) is 31.8. The predicted octanol–water partition coefficient (Wildman–Crippen LogP) is 6.27. The highest BCUT2D eigenvalue weighted by Gasteiger charge is 2.55. The summed E-state index contributed by atoms with van der Waals surface area (Å²) in [5.74, 6) is -0.253. The molecule has 3 aromatic rings. The third-order valence-corrected chi connectivity index (χ3v) is 16.0. The Kier molecular flexibility index (Phi) is 13.7. The highest BCUT2D eigenvalue weighted by Crippen LogP contribution is 2.43. The van der Waals surface area contributed by atoms with Crippen LogP contribution in [0.1, 0.15) is 115 Å². The van der Waals surface area contributed by atoms with Gasteiger partial charge in [-0.2, -0.15) is 37.7 Å². The van der Waals surface area contributed by atoms with E-state index in [1.165, 1.54) is 27.7 Å². The Hall–Kier alpha value is -4.59. The van der Waals surface area contributed by atoms with Crippen molar-refractivity contribution in [3.63, 3.8) is 0 Å². The normalized spacial score (nSPS) is 18.2. The number of alkyl halides is 3. The van der Waals surface area contributed by atoms with Crippen molar-refractivity contribution in [2.24, 2.45) is 15.5 Å². The Balaban J connectivity index is 0.000000199. The summed E-state index contributed by atoms with van der Waals surface area (Å²) in [4.78, 5) is 14.7. The molecule has 3 aliphatic rings. The molecule has 0 saturated heterocycles. The van der Waals surface area contributed by atoms with Gasteiger partial charge in [0.2, 0.25) is 15.3 Å². The van der Waals surface area contributed by atoms with Gasteiger partial charge in [-0.15, -0.1) is 0 Å². The number of aromatic nitrogens is 3. The van der Waals surface area contributed by atoms with Gasteiger partial charge in [0.05, 0.1) is 34.0 Å². The van der Waals surface area contributed by atoms with Crippen molar-refractivity contribution in [1.82, 2.24) is 13.1 Å². The van der Waals surface area contributed by atoms with Crippen molar-refractivity contribution in [3.8, 4) is 18.2 Å². The van der Waals surface area contributed by atoms with E-state index in [2.05, 4.69) is 28.6 Å². The molecule has 324 valence electrons. The molecule has 0 aliphatic carbocycles. The number of nitrogens with zero attached hydrogens (tertiary/aromatic N) is 9. The van der Waals surface area contributed by atoms with Gasteiger partial charge in [-0.3, -0.25) is 0 Å². The molecule has 6 rings (SSSR count). The van der Waals surface area contributed by atoms with Gasteiger partial charge in [-0.1, -0.05) is 15.5 Å². The topological polar surface area (TPSA) is 277 Å². The molecule has 0 radical (unpaired) electrons. The fraction of sp³-hybridized carbons (Fsp3) is 0.545. The van der Waals surface area contributed by atoms with Crippen LogP contribution in [0.5, 0.6) is 0 Å². The summed E-state index contributed by atoms with van der Waals surface area (Å²) in [5.41, 5.74) is -4.74. The number of oxime groups is 3. The summed E-state index contributed by atoms with van der Waals surface area (Å²) in [6.45, 7) is 14.3. The van der Waals surface area contributed by atoms with Crippen molar-refractivity contribution < 1.29 is 52.9 Å². The maximum Gasteiger partial charge on any atom is 0.380 e. The van der Waals surface area contributed by atoms with E-state index in [-0.39, 0.29) is 56.9 Å². The fourth-order valence-corrected chi connectivity index (χ4v) is 12.3.